The van der Waals surface area contributed by atoms with Crippen molar-refractivity contribution in [1.82, 2.24) is 14.8 Å². The molecule has 0 bridgehead atoms. The fourth-order valence-corrected chi connectivity index (χ4v) is 3.84. The molecule has 2 fully saturated rings. The second-order valence-corrected chi connectivity index (χ2v) is 7.15. The lowest BCUT2D eigenvalue weighted by atomic mass is 10.1. The summed E-state index contributed by atoms with van der Waals surface area (Å²) in [5, 5.41) is 9.98. The van der Waals surface area contributed by atoms with Gasteiger partial charge in [0, 0.05) is 22.9 Å². The van der Waals surface area contributed by atoms with Gasteiger partial charge in [-0.15, -0.1) is 10.2 Å². The van der Waals surface area contributed by atoms with E-state index in [2.05, 4.69) is 33.0 Å². The van der Waals surface area contributed by atoms with Gasteiger partial charge in [0.2, 0.25) is 0 Å². The summed E-state index contributed by atoms with van der Waals surface area (Å²) in [6, 6.07) is 9.01. The van der Waals surface area contributed by atoms with Crippen LogP contribution in [0.25, 0.3) is 0 Å². The van der Waals surface area contributed by atoms with E-state index in [1.807, 2.05) is 13.0 Å². The van der Waals surface area contributed by atoms with Crippen molar-refractivity contribution in [3.05, 3.63) is 35.7 Å². The first kappa shape index (κ1) is 13.3. The molecule has 2 aromatic rings. The molecule has 4 nitrogen and oxygen atoms in total. The van der Waals surface area contributed by atoms with Crippen LogP contribution in [0.15, 0.2) is 34.3 Å². The Hall–Kier alpha value is -1.33. The van der Waals surface area contributed by atoms with Gasteiger partial charge in [0.05, 0.1) is 0 Å². The molecule has 2 N–H and O–H groups in total. The van der Waals surface area contributed by atoms with Gasteiger partial charge in [-0.25, -0.2) is 0 Å². The lowest BCUT2D eigenvalue weighted by molar-refractivity contribution is 0.626. The minimum atomic E-state index is 0.0360. The van der Waals surface area contributed by atoms with Crippen molar-refractivity contribution in [1.29, 1.82) is 0 Å². The Bertz CT molecular complexity index is 656. The molecule has 0 amide bonds. The molecular weight excluding hydrogens is 280 g/mol. The molecular formula is C16H20N4S. The van der Waals surface area contributed by atoms with Gasteiger partial charge >= 0.3 is 0 Å². The molecule has 0 saturated heterocycles. The number of benzene rings is 1. The number of rotatable bonds is 5. The summed E-state index contributed by atoms with van der Waals surface area (Å²) in [6.07, 6.45) is 5.07. The number of nitrogens with zero attached hydrogens (tertiary/aromatic N) is 3. The van der Waals surface area contributed by atoms with Gasteiger partial charge in [-0.05, 0) is 56.0 Å². The lowest BCUT2D eigenvalue weighted by Crippen LogP contribution is -2.07. The average molecular weight is 300 g/mol. The van der Waals surface area contributed by atoms with Crippen molar-refractivity contribution in [2.45, 2.75) is 60.7 Å². The molecule has 21 heavy (non-hydrogen) atoms. The van der Waals surface area contributed by atoms with Crippen molar-refractivity contribution in [2.24, 2.45) is 5.73 Å². The summed E-state index contributed by atoms with van der Waals surface area (Å²) in [5.74, 6) is 1.86. The van der Waals surface area contributed by atoms with E-state index >= 15 is 0 Å². The van der Waals surface area contributed by atoms with Crippen LogP contribution in [0.2, 0.25) is 0 Å². The monoisotopic (exact) mass is 300 g/mol. The second kappa shape index (κ2) is 5.14. The third-order valence-electron chi connectivity index (χ3n) is 4.16. The minimum Gasteiger partial charge on any atom is -0.324 e. The van der Waals surface area contributed by atoms with Crippen molar-refractivity contribution >= 4 is 11.8 Å². The van der Waals surface area contributed by atoms with E-state index in [4.69, 9.17) is 5.73 Å². The van der Waals surface area contributed by atoms with Gasteiger partial charge < -0.3 is 10.3 Å². The highest BCUT2D eigenvalue weighted by molar-refractivity contribution is 7.99. The second-order valence-electron chi connectivity index (χ2n) is 6.14. The predicted molar refractivity (Wildman–Crippen MR) is 83.4 cm³/mol. The maximum Gasteiger partial charge on any atom is 0.196 e. The molecule has 1 unspecified atom stereocenters. The highest BCUT2D eigenvalue weighted by Gasteiger charge is 2.36. The summed E-state index contributed by atoms with van der Waals surface area (Å²) in [6.45, 7) is 2.03. The van der Waals surface area contributed by atoms with Crippen LogP contribution < -0.4 is 5.73 Å². The van der Waals surface area contributed by atoms with E-state index in [1.54, 1.807) is 11.8 Å². The zero-order valence-electron chi connectivity index (χ0n) is 12.2. The van der Waals surface area contributed by atoms with Crippen LogP contribution >= 0.6 is 11.8 Å². The van der Waals surface area contributed by atoms with Gasteiger partial charge in [-0.3, -0.25) is 0 Å². The zero-order valence-corrected chi connectivity index (χ0v) is 13.0. The van der Waals surface area contributed by atoms with E-state index in [-0.39, 0.29) is 6.04 Å². The van der Waals surface area contributed by atoms with Crippen LogP contribution in [0.5, 0.6) is 0 Å². The van der Waals surface area contributed by atoms with Crippen molar-refractivity contribution < 1.29 is 0 Å². The van der Waals surface area contributed by atoms with Crippen molar-refractivity contribution in [3.8, 4) is 0 Å². The molecule has 4 rings (SSSR count). The molecule has 110 valence electrons. The van der Waals surface area contributed by atoms with Gasteiger partial charge in [0.15, 0.2) is 5.16 Å². The van der Waals surface area contributed by atoms with E-state index in [0.29, 0.717) is 12.0 Å². The molecule has 1 aromatic heterocycles. The van der Waals surface area contributed by atoms with E-state index in [1.165, 1.54) is 42.0 Å². The van der Waals surface area contributed by atoms with Crippen LogP contribution in [0.4, 0.5) is 0 Å². The molecule has 0 aliphatic heterocycles. The zero-order chi connectivity index (χ0) is 14.4. The Balaban J connectivity index is 1.68. The summed E-state index contributed by atoms with van der Waals surface area (Å²) < 4.78 is 2.39. The van der Waals surface area contributed by atoms with Gasteiger partial charge in [-0.1, -0.05) is 18.2 Å². The molecule has 1 heterocycles. The fourth-order valence-electron chi connectivity index (χ4n) is 2.70. The smallest absolute Gasteiger partial charge is 0.196 e. The Labute approximate surface area is 129 Å². The lowest BCUT2D eigenvalue weighted by Gasteiger charge is -2.13. The predicted octanol–water partition coefficient (Wildman–Crippen LogP) is 3.66. The Morgan fingerprint density at radius 1 is 1.19 bits per heavy atom. The molecule has 2 aliphatic carbocycles. The van der Waals surface area contributed by atoms with Crippen LogP contribution in [-0.2, 0) is 0 Å². The first-order valence-electron chi connectivity index (χ1n) is 7.71. The molecule has 0 spiro atoms. The minimum absolute atomic E-state index is 0.0360. The molecule has 1 atom stereocenters. The molecule has 1 aromatic carbocycles. The third kappa shape index (κ3) is 2.60. The Morgan fingerprint density at radius 3 is 2.62 bits per heavy atom. The third-order valence-corrected chi connectivity index (χ3v) is 5.21. The maximum absolute atomic E-state index is 6.09. The molecule has 2 aliphatic rings. The van der Waals surface area contributed by atoms with Crippen LogP contribution in [-0.4, -0.2) is 14.8 Å². The van der Waals surface area contributed by atoms with Crippen LogP contribution in [0.1, 0.15) is 62.0 Å². The highest BCUT2D eigenvalue weighted by Crippen LogP contribution is 2.47. The van der Waals surface area contributed by atoms with E-state index in [0.717, 1.165) is 5.16 Å². The number of hydrogen-bond donors (Lipinski definition) is 1. The van der Waals surface area contributed by atoms with Crippen molar-refractivity contribution in [3.63, 3.8) is 0 Å². The summed E-state index contributed by atoms with van der Waals surface area (Å²) >= 11 is 1.71. The van der Waals surface area contributed by atoms with E-state index in [9.17, 15) is 0 Å². The summed E-state index contributed by atoms with van der Waals surface area (Å²) in [7, 11) is 0. The van der Waals surface area contributed by atoms with Crippen LogP contribution in [0.3, 0.4) is 0 Å². The average Bonchev–Trinajstić information content (AvgIpc) is 3.39. The van der Waals surface area contributed by atoms with Gasteiger partial charge in [0.1, 0.15) is 5.82 Å². The molecule has 0 radical (unpaired) electrons. The molecule has 5 heteroatoms. The summed E-state index contributed by atoms with van der Waals surface area (Å²) in [4.78, 5) is 1.20. The number of nitrogens with two attached hydrogens (primary N) is 1. The maximum atomic E-state index is 6.09. The quantitative estimate of drug-likeness (QED) is 0.915. The molecule has 2 saturated carbocycles. The van der Waals surface area contributed by atoms with Crippen LogP contribution in [0, 0.1) is 0 Å². The first-order valence-corrected chi connectivity index (χ1v) is 8.53. The fraction of sp³-hybridized carbons (Fsp3) is 0.500. The largest absolute Gasteiger partial charge is 0.324 e. The van der Waals surface area contributed by atoms with Gasteiger partial charge in [-0.2, -0.15) is 0 Å². The van der Waals surface area contributed by atoms with Crippen molar-refractivity contribution in [2.75, 3.05) is 0 Å². The SMILES string of the molecule is CC(N)c1ccccc1Sc1nnc(C2CC2)n1C1CC1. The normalized spacial score (nSPS) is 19.7. The van der Waals surface area contributed by atoms with E-state index < -0.39 is 0 Å². The standard InChI is InChI=1S/C16H20N4S/c1-10(17)13-4-2-3-5-14(13)21-16-19-18-15(11-6-7-11)20(16)12-8-9-12/h2-5,10-12H,6-9,17H2,1H3. The highest BCUT2D eigenvalue weighted by atomic mass is 32.2. The first-order chi connectivity index (χ1) is 10.2. The Kier molecular flexibility index (Phi) is 3.27. The number of aromatic nitrogens is 3. The summed E-state index contributed by atoms with van der Waals surface area (Å²) in [5.41, 5.74) is 7.27. The Morgan fingerprint density at radius 2 is 1.95 bits per heavy atom. The number of hydrogen-bond acceptors (Lipinski definition) is 4. The topological polar surface area (TPSA) is 56.7 Å². The van der Waals surface area contributed by atoms with Gasteiger partial charge in [0.25, 0.3) is 0 Å².